The first-order chi connectivity index (χ1) is 9.58. The van der Waals surface area contributed by atoms with Gasteiger partial charge in [-0.25, -0.2) is 0 Å². The maximum Gasteiger partial charge on any atom is 0.256 e. The van der Waals surface area contributed by atoms with Crippen LogP contribution in [0, 0.1) is 0 Å². The number of amides is 1. The summed E-state index contributed by atoms with van der Waals surface area (Å²) >= 11 is 5.32. The summed E-state index contributed by atoms with van der Waals surface area (Å²) in [4.78, 5) is 27.0. The number of nitrogens with zero attached hydrogens (tertiary/aromatic N) is 1. The Hall–Kier alpha value is -2.40. The fourth-order valence-electron chi connectivity index (χ4n) is 1.62. The van der Waals surface area contributed by atoms with Crippen LogP contribution < -0.4 is 5.32 Å². The fourth-order valence-corrected chi connectivity index (χ4v) is 1.77. The van der Waals surface area contributed by atoms with E-state index in [1.807, 2.05) is 6.07 Å². The van der Waals surface area contributed by atoms with Crippen LogP contribution in [0.15, 0.2) is 42.7 Å². The second-order valence-corrected chi connectivity index (χ2v) is 4.39. The SMILES string of the molecule is O=C(NCc1cccnc1)c1ccc(O)c(C(=O)Cl)c1. The summed E-state index contributed by atoms with van der Waals surface area (Å²) < 4.78 is 0. The van der Waals surface area contributed by atoms with E-state index in [9.17, 15) is 14.7 Å². The van der Waals surface area contributed by atoms with Gasteiger partial charge in [0.05, 0.1) is 5.56 Å². The summed E-state index contributed by atoms with van der Waals surface area (Å²) in [6.07, 6.45) is 3.29. The summed E-state index contributed by atoms with van der Waals surface area (Å²) in [6.45, 7) is 0.317. The third-order valence-corrected chi connectivity index (χ3v) is 2.85. The van der Waals surface area contributed by atoms with Gasteiger partial charge in [-0.2, -0.15) is 0 Å². The van der Waals surface area contributed by atoms with E-state index in [2.05, 4.69) is 10.3 Å². The molecule has 5 nitrogen and oxygen atoms in total. The van der Waals surface area contributed by atoms with E-state index in [4.69, 9.17) is 11.6 Å². The molecule has 0 aliphatic carbocycles. The van der Waals surface area contributed by atoms with Crippen LogP contribution in [0.3, 0.4) is 0 Å². The highest BCUT2D eigenvalue weighted by atomic mass is 35.5. The zero-order valence-electron chi connectivity index (χ0n) is 10.3. The molecular weight excluding hydrogens is 280 g/mol. The highest BCUT2D eigenvalue weighted by Gasteiger charge is 2.13. The Balaban J connectivity index is 2.10. The minimum atomic E-state index is -0.815. The molecule has 0 bridgehead atoms. The topological polar surface area (TPSA) is 79.3 Å². The predicted molar refractivity (Wildman–Crippen MR) is 73.7 cm³/mol. The van der Waals surface area contributed by atoms with Crippen LogP contribution in [0.4, 0.5) is 0 Å². The minimum absolute atomic E-state index is 0.0966. The van der Waals surface area contributed by atoms with Gasteiger partial charge in [-0.05, 0) is 41.4 Å². The first-order valence-corrected chi connectivity index (χ1v) is 6.15. The van der Waals surface area contributed by atoms with Crippen molar-refractivity contribution in [2.45, 2.75) is 6.54 Å². The number of aromatic hydroxyl groups is 1. The van der Waals surface area contributed by atoms with Crippen LogP contribution >= 0.6 is 11.6 Å². The smallest absolute Gasteiger partial charge is 0.256 e. The van der Waals surface area contributed by atoms with E-state index in [0.717, 1.165) is 5.56 Å². The molecular formula is C14H11ClN2O3. The molecule has 0 radical (unpaired) electrons. The maximum absolute atomic E-state index is 11.9. The molecule has 20 heavy (non-hydrogen) atoms. The van der Waals surface area contributed by atoms with Gasteiger partial charge < -0.3 is 10.4 Å². The molecule has 0 aliphatic rings. The Morgan fingerprint density at radius 3 is 2.75 bits per heavy atom. The zero-order valence-corrected chi connectivity index (χ0v) is 11.1. The van der Waals surface area contributed by atoms with Crippen molar-refractivity contribution in [1.29, 1.82) is 0 Å². The molecule has 2 aromatic rings. The molecule has 2 N–H and O–H groups in total. The van der Waals surface area contributed by atoms with E-state index in [-0.39, 0.29) is 22.8 Å². The van der Waals surface area contributed by atoms with E-state index in [1.165, 1.54) is 18.2 Å². The summed E-state index contributed by atoms with van der Waals surface area (Å²) in [5, 5.41) is 11.3. The molecule has 2 rings (SSSR count). The first kappa shape index (κ1) is 14.0. The molecule has 1 aromatic heterocycles. The number of hydrogen-bond acceptors (Lipinski definition) is 4. The van der Waals surface area contributed by atoms with Crippen molar-refractivity contribution in [2.24, 2.45) is 0 Å². The number of phenolic OH excluding ortho intramolecular Hbond substituents is 1. The van der Waals surface area contributed by atoms with Crippen LogP contribution in [-0.2, 0) is 6.54 Å². The number of phenols is 1. The number of carbonyl (C=O) groups excluding carboxylic acids is 2. The van der Waals surface area contributed by atoms with E-state index in [1.54, 1.807) is 18.5 Å². The molecule has 0 spiro atoms. The number of nitrogens with one attached hydrogen (secondary N) is 1. The van der Waals surface area contributed by atoms with Crippen molar-refractivity contribution in [3.63, 3.8) is 0 Å². The fraction of sp³-hybridized carbons (Fsp3) is 0.0714. The number of rotatable bonds is 4. The second-order valence-electron chi connectivity index (χ2n) is 4.05. The predicted octanol–water partition coefficient (Wildman–Crippen LogP) is 2.10. The Bertz CT molecular complexity index is 644. The molecule has 0 aliphatic heterocycles. The van der Waals surface area contributed by atoms with E-state index >= 15 is 0 Å². The van der Waals surface area contributed by atoms with Crippen LogP contribution in [0.1, 0.15) is 26.3 Å². The van der Waals surface area contributed by atoms with Crippen molar-refractivity contribution in [2.75, 3.05) is 0 Å². The average Bonchev–Trinajstić information content (AvgIpc) is 2.46. The number of benzene rings is 1. The standard InChI is InChI=1S/C14H11ClN2O3/c15-13(19)11-6-10(3-4-12(11)18)14(20)17-8-9-2-1-5-16-7-9/h1-7,18H,8H2,(H,17,20). The van der Waals surface area contributed by atoms with Gasteiger partial charge in [-0.3, -0.25) is 14.6 Å². The van der Waals surface area contributed by atoms with Gasteiger partial charge in [0.25, 0.3) is 11.1 Å². The van der Waals surface area contributed by atoms with Crippen molar-refractivity contribution in [1.82, 2.24) is 10.3 Å². The molecule has 0 atom stereocenters. The zero-order chi connectivity index (χ0) is 14.5. The van der Waals surface area contributed by atoms with Crippen LogP contribution in [-0.4, -0.2) is 21.2 Å². The molecule has 0 saturated heterocycles. The van der Waals surface area contributed by atoms with Crippen molar-refractivity contribution in [3.05, 3.63) is 59.4 Å². The van der Waals surface area contributed by atoms with Crippen molar-refractivity contribution < 1.29 is 14.7 Å². The number of aromatic nitrogens is 1. The number of carbonyl (C=O) groups is 2. The molecule has 0 saturated carbocycles. The van der Waals surface area contributed by atoms with Gasteiger partial charge in [-0.15, -0.1) is 0 Å². The molecule has 0 fully saturated rings. The Morgan fingerprint density at radius 2 is 2.10 bits per heavy atom. The number of halogens is 1. The van der Waals surface area contributed by atoms with Crippen molar-refractivity contribution >= 4 is 22.8 Å². The van der Waals surface area contributed by atoms with Crippen LogP contribution in [0.5, 0.6) is 5.75 Å². The van der Waals surface area contributed by atoms with Gasteiger partial charge in [-0.1, -0.05) is 6.07 Å². The highest BCUT2D eigenvalue weighted by molar-refractivity contribution is 6.68. The largest absolute Gasteiger partial charge is 0.507 e. The molecule has 6 heteroatoms. The summed E-state index contributed by atoms with van der Waals surface area (Å²) in [5.41, 5.74) is 1.00. The molecule has 102 valence electrons. The third-order valence-electron chi connectivity index (χ3n) is 2.65. The molecule has 1 heterocycles. The van der Waals surface area contributed by atoms with Crippen LogP contribution in [0.25, 0.3) is 0 Å². The lowest BCUT2D eigenvalue weighted by Crippen LogP contribution is -2.23. The lowest BCUT2D eigenvalue weighted by atomic mass is 10.1. The highest BCUT2D eigenvalue weighted by Crippen LogP contribution is 2.20. The third kappa shape index (κ3) is 3.33. The van der Waals surface area contributed by atoms with Gasteiger partial charge in [0.15, 0.2) is 0 Å². The lowest BCUT2D eigenvalue weighted by molar-refractivity contribution is 0.0951. The molecule has 0 unspecified atom stereocenters. The van der Waals surface area contributed by atoms with E-state index < -0.39 is 5.24 Å². The van der Waals surface area contributed by atoms with Gasteiger partial charge in [0.2, 0.25) is 0 Å². The van der Waals surface area contributed by atoms with Crippen LogP contribution in [0.2, 0.25) is 0 Å². The monoisotopic (exact) mass is 290 g/mol. The average molecular weight is 291 g/mol. The van der Waals surface area contributed by atoms with E-state index in [0.29, 0.717) is 6.54 Å². The second kappa shape index (κ2) is 6.16. The maximum atomic E-state index is 11.9. The normalized spacial score (nSPS) is 10.1. The van der Waals surface area contributed by atoms with Gasteiger partial charge in [0, 0.05) is 24.5 Å². The summed E-state index contributed by atoms with van der Waals surface area (Å²) in [5.74, 6) is -0.623. The minimum Gasteiger partial charge on any atom is -0.507 e. The lowest BCUT2D eigenvalue weighted by Gasteiger charge is -2.06. The van der Waals surface area contributed by atoms with Gasteiger partial charge >= 0.3 is 0 Å². The molecule has 1 aromatic carbocycles. The van der Waals surface area contributed by atoms with Gasteiger partial charge in [0.1, 0.15) is 5.75 Å². The number of hydrogen-bond donors (Lipinski definition) is 2. The first-order valence-electron chi connectivity index (χ1n) is 5.78. The Labute approximate surface area is 120 Å². The quantitative estimate of drug-likeness (QED) is 0.845. The Kier molecular flexibility index (Phi) is 4.32. The summed E-state index contributed by atoms with van der Waals surface area (Å²) in [6, 6.07) is 7.53. The molecule has 1 amide bonds. The Morgan fingerprint density at radius 1 is 1.30 bits per heavy atom. The number of pyridine rings is 1. The van der Waals surface area contributed by atoms with Crippen molar-refractivity contribution in [3.8, 4) is 5.75 Å². The summed E-state index contributed by atoms with van der Waals surface area (Å²) in [7, 11) is 0.